The molecule has 0 unspecified atom stereocenters. The van der Waals surface area contributed by atoms with Crippen molar-refractivity contribution in [3.8, 4) is 0 Å². The first-order chi connectivity index (χ1) is 14.8. The molecule has 2 N–H and O–H groups in total. The lowest BCUT2D eigenvalue weighted by Gasteiger charge is -2.32. The number of aryl methyl sites for hydroxylation is 2. The molecule has 0 aliphatic carbocycles. The second-order valence-electron chi connectivity index (χ2n) is 8.15. The normalized spacial score (nSPS) is 16.0. The summed E-state index contributed by atoms with van der Waals surface area (Å²) in [5, 5.41) is 17.0. The van der Waals surface area contributed by atoms with Gasteiger partial charge in [0, 0.05) is 30.4 Å². The number of nitrogens with zero attached hydrogens (tertiary/aromatic N) is 2. The van der Waals surface area contributed by atoms with Gasteiger partial charge in [0.05, 0.1) is 11.5 Å². The maximum absolute atomic E-state index is 12.5. The zero-order valence-corrected chi connectivity index (χ0v) is 18.1. The van der Waals surface area contributed by atoms with Gasteiger partial charge in [-0.05, 0) is 55.9 Å². The summed E-state index contributed by atoms with van der Waals surface area (Å²) in [4.78, 5) is 38.0. The van der Waals surface area contributed by atoms with Gasteiger partial charge in [-0.3, -0.25) is 19.7 Å². The molecule has 0 bridgehead atoms. The summed E-state index contributed by atoms with van der Waals surface area (Å²) in [6.45, 7) is 7.20. The molecule has 3 rings (SSSR count). The Balaban J connectivity index is 1.68. The minimum absolute atomic E-state index is 0.0956. The SMILES string of the molecule is Cc1cccc(C)c1NC(=O)CNC(=O)c1ccc(N2CCC[C@H](C)C2)c([N+](=O)[O-])c1. The number of nitro benzene ring substituents is 1. The van der Waals surface area contributed by atoms with Gasteiger partial charge in [0.25, 0.3) is 11.6 Å². The van der Waals surface area contributed by atoms with Crippen LogP contribution in [-0.2, 0) is 4.79 Å². The molecule has 2 aromatic carbocycles. The zero-order chi connectivity index (χ0) is 22.5. The second-order valence-corrected chi connectivity index (χ2v) is 8.15. The number of nitrogens with one attached hydrogen (secondary N) is 2. The van der Waals surface area contributed by atoms with E-state index in [9.17, 15) is 19.7 Å². The summed E-state index contributed by atoms with van der Waals surface area (Å²) in [7, 11) is 0. The maximum Gasteiger partial charge on any atom is 0.293 e. The molecule has 0 spiro atoms. The molecule has 1 aliphatic rings. The lowest BCUT2D eigenvalue weighted by Crippen LogP contribution is -2.35. The lowest BCUT2D eigenvalue weighted by atomic mass is 9.99. The highest BCUT2D eigenvalue weighted by atomic mass is 16.6. The number of nitro groups is 1. The highest BCUT2D eigenvalue weighted by Crippen LogP contribution is 2.32. The molecule has 2 amide bonds. The number of hydrogen-bond acceptors (Lipinski definition) is 5. The topological polar surface area (TPSA) is 105 Å². The third kappa shape index (κ3) is 5.39. The van der Waals surface area contributed by atoms with Crippen molar-refractivity contribution in [2.45, 2.75) is 33.6 Å². The van der Waals surface area contributed by atoms with Crippen LogP contribution in [0.1, 0.15) is 41.3 Å². The maximum atomic E-state index is 12.5. The molecule has 2 aromatic rings. The molecule has 8 nitrogen and oxygen atoms in total. The van der Waals surface area contributed by atoms with Crippen molar-refractivity contribution in [1.82, 2.24) is 5.32 Å². The standard InChI is InChI=1S/C23H28N4O4/c1-15-6-5-11-26(14-15)19-10-9-18(12-20(19)27(30)31)23(29)24-13-21(28)25-22-16(2)7-4-8-17(22)3/h4,7-10,12,15H,5-6,11,13-14H2,1-3H3,(H,24,29)(H,25,28)/t15-/m0/s1. The Hall–Kier alpha value is -3.42. The van der Waals surface area contributed by atoms with Crippen molar-refractivity contribution >= 4 is 28.9 Å². The van der Waals surface area contributed by atoms with Crippen molar-refractivity contribution in [3.63, 3.8) is 0 Å². The molecule has 164 valence electrons. The third-order valence-electron chi connectivity index (χ3n) is 5.59. The van der Waals surface area contributed by atoms with Crippen LogP contribution < -0.4 is 15.5 Å². The Kier molecular flexibility index (Phi) is 6.89. The largest absolute Gasteiger partial charge is 0.366 e. The smallest absolute Gasteiger partial charge is 0.293 e. The average molecular weight is 425 g/mol. The van der Waals surface area contributed by atoms with Crippen molar-refractivity contribution < 1.29 is 14.5 Å². The highest BCUT2D eigenvalue weighted by Gasteiger charge is 2.25. The number of carbonyl (C=O) groups excluding carboxylic acids is 2. The molecule has 1 heterocycles. The van der Waals surface area contributed by atoms with E-state index in [0.717, 1.165) is 42.7 Å². The Morgan fingerprint density at radius 3 is 2.55 bits per heavy atom. The number of benzene rings is 2. The second kappa shape index (κ2) is 9.59. The van der Waals surface area contributed by atoms with Crippen LogP contribution in [0.3, 0.4) is 0 Å². The minimum Gasteiger partial charge on any atom is -0.366 e. The Morgan fingerprint density at radius 1 is 1.19 bits per heavy atom. The molecule has 1 saturated heterocycles. The predicted octanol–water partition coefficient (Wildman–Crippen LogP) is 3.82. The Bertz CT molecular complexity index is 985. The molecule has 0 radical (unpaired) electrons. The first kappa shape index (κ1) is 22.3. The Morgan fingerprint density at radius 2 is 1.90 bits per heavy atom. The number of para-hydroxylation sites is 1. The number of rotatable bonds is 6. The predicted molar refractivity (Wildman–Crippen MR) is 121 cm³/mol. The molecule has 1 fully saturated rings. The Labute approximate surface area is 181 Å². The van der Waals surface area contributed by atoms with Gasteiger partial charge in [0.15, 0.2) is 0 Å². The van der Waals surface area contributed by atoms with E-state index in [2.05, 4.69) is 17.6 Å². The number of carbonyl (C=O) groups is 2. The van der Waals surface area contributed by atoms with Gasteiger partial charge in [-0.2, -0.15) is 0 Å². The molecule has 0 saturated carbocycles. The quantitative estimate of drug-likeness (QED) is 0.542. The molecule has 0 aromatic heterocycles. The summed E-state index contributed by atoms with van der Waals surface area (Å²) < 4.78 is 0. The van der Waals surface area contributed by atoms with E-state index in [4.69, 9.17) is 0 Å². The van der Waals surface area contributed by atoms with Gasteiger partial charge in [-0.15, -0.1) is 0 Å². The van der Waals surface area contributed by atoms with E-state index in [1.165, 1.54) is 6.07 Å². The van der Waals surface area contributed by atoms with Crippen LogP contribution in [0.5, 0.6) is 0 Å². The number of amides is 2. The highest BCUT2D eigenvalue weighted by molar-refractivity contribution is 6.00. The summed E-state index contributed by atoms with van der Waals surface area (Å²) in [5.41, 5.74) is 3.16. The molecular formula is C23H28N4O4. The van der Waals surface area contributed by atoms with Crippen molar-refractivity contribution in [1.29, 1.82) is 0 Å². The summed E-state index contributed by atoms with van der Waals surface area (Å²) in [5.74, 6) is -0.427. The van der Waals surface area contributed by atoms with E-state index in [-0.39, 0.29) is 23.7 Å². The van der Waals surface area contributed by atoms with Gasteiger partial charge in [-0.1, -0.05) is 25.1 Å². The van der Waals surface area contributed by atoms with E-state index < -0.39 is 10.8 Å². The van der Waals surface area contributed by atoms with E-state index in [1.807, 2.05) is 36.9 Å². The van der Waals surface area contributed by atoms with Crippen molar-refractivity contribution in [2.75, 3.05) is 29.9 Å². The van der Waals surface area contributed by atoms with Crippen molar-refractivity contribution in [2.24, 2.45) is 5.92 Å². The average Bonchev–Trinajstić information content (AvgIpc) is 2.74. The van der Waals surface area contributed by atoms with Crippen LogP contribution in [0.2, 0.25) is 0 Å². The first-order valence-corrected chi connectivity index (χ1v) is 10.4. The summed E-state index contributed by atoms with van der Waals surface area (Å²) >= 11 is 0. The molecular weight excluding hydrogens is 396 g/mol. The van der Waals surface area contributed by atoms with E-state index in [0.29, 0.717) is 11.6 Å². The molecule has 31 heavy (non-hydrogen) atoms. The number of piperidine rings is 1. The lowest BCUT2D eigenvalue weighted by molar-refractivity contribution is -0.384. The van der Waals surface area contributed by atoms with Gasteiger partial charge < -0.3 is 15.5 Å². The van der Waals surface area contributed by atoms with Crippen LogP contribution in [0.15, 0.2) is 36.4 Å². The molecule has 1 atom stereocenters. The number of hydrogen-bond donors (Lipinski definition) is 2. The summed E-state index contributed by atoms with van der Waals surface area (Å²) in [6, 6.07) is 10.2. The van der Waals surface area contributed by atoms with Crippen LogP contribution in [-0.4, -0.2) is 36.4 Å². The fourth-order valence-corrected chi connectivity index (χ4v) is 3.94. The third-order valence-corrected chi connectivity index (χ3v) is 5.59. The van der Waals surface area contributed by atoms with Crippen LogP contribution in [0, 0.1) is 29.9 Å². The first-order valence-electron chi connectivity index (χ1n) is 10.4. The van der Waals surface area contributed by atoms with Gasteiger partial charge in [0.1, 0.15) is 5.69 Å². The van der Waals surface area contributed by atoms with Gasteiger partial charge in [0.2, 0.25) is 5.91 Å². The minimum atomic E-state index is -0.529. The number of anilines is 2. The fraction of sp³-hybridized carbons (Fsp3) is 0.391. The fourth-order valence-electron chi connectivity index (χ4n) is 3.94. The van der Waals surface area contributed by atoms with Crippen LogP contribution >= 0.6 is 0 Å². The van der Waals surface area contributed by atoms with Crippen LogP contribution in [0.25, 0.3) is 0 Å². The van der Waals surface area contributed by atoms with E-state index in [1.54, 1.807) is 12.1 Å². The zero-order valence-electron chi connectivity index (χ0n) is 18.1. The summed E-state index contributed by atoms with van der Waals surface area (Å²) in [6.07, 6.45) is 2.09. The monoisotopic (exact) mass is 424 g/mol. The van der Waals surface area contributed by atoms with Gasteiger partial charge >= 0.3 is 0 Å². The van der Waals surface area contributed by atoms with Crippen molar-refractivity contribution in [3.05, 3.63) is 63.2 Å². The molecule has 1 aliphatic heterocycles. The van der Waals surface area contributed by atoms with Crippen LogP contribution in [0.4, 0.5) is 17.1 Å². The van der Waals surface area contributed by atoms with Gasteiger partial charge in [-0.25, -0.2) is 0 Å². The molecule has 8 heteroatoms. The van der Waals surface area contributed by atoms with E-state index >= 15 is 0 Å².